The summed E-state index contributed by atoms with van der Waals surface area (Å²) in [4.78, 5) is 10.5. The van der Waals surface area contributed by atoms with Crippen LogP contribution in [0.1, 0.15) is 10.4 Å². The van der Waals surface area contributed by atoms with Crippen LogP contribution < -0.4 is 0 Å². The number of hydrogen-bond donors (Lipinski definition) is 1. The minimum absolute atomic E-state index is 0.108. The Bertz CT molecular complexity index is 504. The molecule has 5 nitrogen and oxygen atoms in total. The molecule has 1 N–H and O–H groups in total. The molecule has 16 heavy (non-hydrogen) atoms. The molecule has 0 heterocycles. The summed E-state index contributed by atoms with van der Waals surface area (Å²) in [5, 5.41) is 8.70. The lowest BCUT2D eigenvalue weighted by molar-refractivity contribution is 0.0696. The Morgan fingerprint density at radius 2 is 2.19 bits per heavy atom. The van der Waals surface area contributed by atoms with Gasteiger partial charge in [-0.05, 0) is 18.2 Å². The minimum atomic E-state index is -3.91. The second-order valence-electron chi connectivity index (χ2n) is 2.86. The monoisotopic (exact) mass is 242 g/mol. The molecule has 0 aliphatic heterocycles. The fourth-order valence-corrected chi connectivity index (χ4v) is 1.92. The zero-order valence-corrected chi connectivity index (χ0v) is 9.11. The lowest BCUT2D eigenvalue weighted by Crippen LogP contribution is -2.07. The summed E-state index contributed by atoms with van der Waals surface area (Å²) >= 11 is 0. The number of rotatable bonds is 5. The molecule has 0 aliphatic carbocycles. The molecule has 0 fully saturated rings. The Morgan fingerprint density at radius 3 is 2.75 bits per heavy atom. The van der Waals surface area contributed by atoms with E-state index in [-0.39, 0.29) is 17.1 Å². The van der Waals surface area contributed by atoms with Crippen LogP contribution in [0, 0.1) is 0 Å². The zero-order valence-electron chi connectivity index (χ0n) is 8.29. The Labute approximate surface area is 93.1 Å². The Balaban J connectivity index is 3.08. The summed E-state index contributed by atoms with van der Waals surface area (Å²) in [5.74, 6) is -1.19. The highest BCUT2D eigenvalue weighted by Gasteiger charge is 2.16. The van der Waals surface area contributed by atoms with E-state index in [4.69, 9.17) is 5.11 Å². The van der Waals surface area contributed by atoms with Gasteiger partial charge in [0.2, 0.25) is 0 Å². The maximum atomic E-state index is 11.5. The molecular formula is C10H10O5S. The summed E-state index contributed by atoms with van der Waals surface area (Å²) in [6, 6.07) is 4.95. The van der Waals surface area contributed by atoms with Gasteiger partial charge in [0.25, 0.3) is 10.1 Å². The van der Waals surface area contributed by atoms with Gasteiger partial charge >= 0.3 is 5.97 Å². The molecule has 0 spiro atoms. The van der Waals surface area contributed by atoms with Crippen LogP contribution in [0.5, 0.6) is 0 Å². The first-order chi connectivity index (χ1) is 7.47. The highest BCUT2D eigenvalue weighted by Crippen LogP contribution is 2.14. The predicted octanol–water partition coefficient (Wildman–Crippen LogP) is 1.28. The van der Waals surface area contributed by atoms with E-state index < -0.39 is 16.1 Å². The first-order valence-electron chi connectivity index (χ1n) is 4.31. The lowest BCUT2D eigenvalue weighted by atomic mass is 10.2. The highest BCUT2D eigenvalue weighted by atomic mass is 32.2. The molecule has 0 aliphatic rings. The van der Waals surface area contributed by atoms with Gasteiger partial charge in [0, 0.05) is 0 Å². The molecule has 0 unspecified atom stereocenters. The fourth-order valence-electron chi connectivity index (χ4n) is 0.990. The van der Waals surface area contributed by atoms with Crippen molar-refractivity contribution >= 4 is 16.1 Å². The van der Waals surface area contributed by atoms with Gasteiger partial charge in [-0.2, -0.15) is 8.42 Å². The summed E-state index contributed by atoms with van der Waals surface area (Å²) in [5.41, 5.74) is -0.108. The summed E-state index contributed by atoms with van der Waals surface area (Å²) < 4.78 is 27.6. The van der Waals surface area contributed by atoms with E-state index in [0.717, 1.165) is 6.07 Å². The van der Waals surface area contributed by atoms with Crippen molar-refractivity contribution in [3.05, 3.63) is 42.5 Å². The van der Waals surface area contributed by atoms with E-state index >= 15 is 0 Å². The van der Waals surface area contributed by atoms with Crippen LogP contribution in [0.2, 0.25) is 0 Å². The van der Waals surface area contributed by atoms with Crippen molar-refractivity contribution in [3.8, 4) is 0 Å². The average molecular weight is 242 g/mol. The fraction of sp³-hybridized carbons (Fsp3) is 0.100. The van der Waals surface area contributed by atoms with Gasteiger partial charge in [-0.3, -0.25) is 4.18 Å². The topological polar surface area (TPSA) is 80.7 Å². The molecule has 0 aromatic heterocycles. The first kappa shape index (κ1) is 12.4. The van der Waals surface area contributed by atoms with E-state index in [1.165, 1.54) is 24.3 Å². The molecular weight excluding hydrogens is 232 g/mol. The van der Waals surface area contributed by atoms with Gasteiger partial charge in [0.1, 0.15) is 0 Å². The maximum Gasteiger partial charge on any atom is 0.335 e. The van der Waals surface area contributed by atoms with Crippen LogP contribution in [0.15, 0.2) is 41.8 Å². The number of carbonyl (C=O) groups is 1. The zero-order chi connectivity index (χ0) is 12.2. The van der Waals surface area contributed by atoms with E-state index in [1.807, 2.05) is 0 Å². The molecule has 0 radical (unpaired) electrons. The van der Waals surface area contributed by atoms with E-state index in [1.54, 1.807) is 0 Å². The Morgan fingerprint density at radius 1 is 1.50 bits per heavy atom. The smallest absolute Gasteiger partial charge is 0.335 e. The molecule has 1 rings (SSSR count). The molecule has 0 atom stereocenters. The van der Waals surface area contributed by atoms with Gasteiger partial charge < -0.3 is 5.11 Å². The molecule has 86 valence electrons. The second-order valence-corrected chi connectivity index (χ2v) is 4.48. The molecule has 0 saturated heterocycles. The summed E-state index contributed by atoms with van der Waals surface area (Å²) in [6.07, 6.45) is 1.29. The van der Waals surface area contributed by atoms with Crippen molar-refractivity contribution in [2.24, 2.45) is 0 Å². The second kappa shape index (κ2) is 4.91. The van der Waals surface area contributed by atoms with E-state index in [2.05, 4.69) is 10.8 Å². The van der Waals surface area contributed by atoms with Crippen LogP contribution in [0.3, 0.4) is 0 Å². The minimum Gasteiger partial charge on any atom is -0.478 e. The number of benzene rings is 1. The Hall–Kier alpha value is -1.66. The summed E-state index contributed by atoms with van der Waals surface area (Å²) in [6.45, 7) is 3.17. The highest BCUT2D eigenvalue weighted by molar-refractivity contribution is 7.86. The third-order valence-corrected chi connectivity index (χ3v) is 2.99. The number of aromatic carboxylic acids is 1. The van der Waals surface area contributed by atoms with Crippen molar-refractivity contribution < 1.29 is 22.5 Å². The first-order valence-corrected chi connectivity index (χ1v) is 5.72. The van der Waals surface area contributed by atoms with Gasteiger partial charge in [-0.25, -0.2) is 4.79 Å². The van der Waals surface area contributed by atoms with E-state index in [9.17, 15) is 13.2 Å². The molecule has 1 aromatic rings. The van der Waals surface area contributed by atoms with Gasteiger partial charge in [-0.1, -0.05) is 12.1 Å². The number of carboxylic acid groups (broad SMARTS) is 1. The average Bonchev–Trinajstić information content (AvgIpc) is 2.26. The quantitative estimate of drug-likeness (QED) is 0.621. The summed E-state index contributed by atoms with van der Waals surface area (Å²) in [7, 11) is -3.91. The SMILES string of the molecule is C=CCOS(=O)(=O)c1cccc(C(=O)O)c1. The van der Waals surface area contributed by atoms with Gasteiger partial charge in [-0.15, -0.1) is 6.58 Å². The third kappa shape index (κ3) is 2.91. The maximum absolute atomic E-state index is 11.5. The van der Waals surface area contributed by atoms with Crippen molar-refractivity contribution in [3.63, 3.8) is 0 Å². The molecule has 0 saturated carbocycles. The van der Waals surface area contributed by atoms with Gasteiger partial charge in [0.05, 0.1) is 17.1 Å². The van der Waals surface area contributed by atoms with E-state index in [0.29, 0.717) is 0 Å². The van der Waals surface area contributed by atoms with Crippen LogP contribution in [-0.4, -0.2) is 26.1 Å². The molecule has 0 bridgehead atoms. The standard InChI is InChI=1S/C10H10O5S/c1-2-6-15-16(13,14)9-5-3-4-8(7-9)10(11)12/h2-5,7H,1,6H2,(H,11,12). The third-order valence-electron chi connectivity index (χ3n) is 1.71. The number of hydrogen-bond acceptors (Lipinski definition) is 4. The van der Waals surface area contributed by atoms with Crippen molar-refractivity contribution in [2.75, 3.05) is 6.61 Å². The van der Waals surface area contributed by atoms with Crippen molar-refractivity contribution in [1.29, 1.82) is 0 Å². The number of carboxylic acids is 1. The largest absolute Gasteiger partial charge is 0.478 e. The van der Waals surface area contributed by atoms with Crippen LogP contribution >= 0.6 is 0 Å². The molecule has 0 amide bonds. The predicted molar refractivity (Wildman–Crippen MR) is 56.7 cm³/mol. The molecule has 6 heteroatoms. The lowest BCUT2D eigenvalue weighted by Gasteiger charge is -2.03. The van der Waals surface area contributed by atoms with Gasteiger partial charge in [0.15, 0.2) is 0 Å². The van der Waals surface area contributed by atoms with Crippen molar-refractivity contribution in [1.82, 2.24) is 0 Å². The van der Waals surface area contributed by atoms with Crippen LogP contribution in [0.4, 0.5) is 0 Å². The molecule has 1 aromatic carbocycles. The van der Waals surface area contributed by atoms with Crippen LogP contribution in [0.25, 0.3) is 0 Å². The van der Waals surface area contributed by atoms with Crippen LogP contribution in [-0.2, 0) is 14.3 Å². The normalized spacial score (nSPS) is 11.0. The Kier molecular flexibility index (Phi) is 3.81. The van der Waals surface area contributed by atoms with Crippen molar-refractivity contribution in [2.45, 2.75) is 4.90 Å².